The van der Waals surface area contributed by atoms with E-state index < -0.39 is 0 Å². The van der Waals surface area contributed by atoms with Crippen molar-refractivity contribution < 1.29 is 0 Å². The molecule has 1 aromatic rings. The summed E-state index contributed by atoms with van der Waals surface area (Å²) in [7, 11) is 4.16. The molecule has 1 heterocycles. The fraction of sp³-hybridized carbons (Fsp3) is 0.700. The van der Waals surface area contributed by atoms with E-state index in [1.165, 1.54) is 0 Å². The van der Waals surface area contributed by atoms with Gasteiger partial charge in [-0.3, -0.25) is 0 Å². The molecule has 1 rings (SSSR count). The molecule has 0 fully saturated rings. The quantitative estimate of drug-likeness (QED) is 0.749. The predicted octanol–water partition coefficient (Wildman–Crippen LogP) is 0.635. The van der Waals surface area contributed by atoms with Crippen molar-refractivity contribution in [2.75, 3.05) is 32.1 Å². The van der Waals surface area contributed by atoms with Crippen LogP contribution in [0.1, 0.15) is 13.3 Å². The summed E-state index contributed by atoms with van der Waals surface area (Å²) >= 11 is 0. The number of nitrogens with two attached hydrogens (primary N) is 2. The molecule has 0 bridgehead atoms. The van der Waals surface area contributed by atoms with Crippen LogP contribution in [-0.4, -0.2) is 35.3 Å². The third-order valence-electron chi connectivity index (χ3n) is 2.42. The highest BCUT2D eigenvalue weighted by Gasteiger charge is 2.07. The molecule has 0 radical (unpaired) electrons. The number of hydrogen-bond acceptors (Lipinski definition) is 4. The van der Waals surface area contributed by atoms with Crippen LogP contribution in [-0.2, 0) is 6.54 Å². The van der Waals surface area contributed by atoms with Gasteiger partial charge < -0.3 is 16.4 Å². The molecule has 4 N–H and O–H groups in total. The summed E-state index contributed by atoms with van der Waals surface area (Å²) in [4.78, 5) is 2.19. The number of nitrogen functional groups attached to an aromatic ring is 2. The van der Waals surface area contributed by atoms with Gasteiger partial charge in [0.25, 0.3) is 0 Å². The number of hydrogen-bond donors (Lipinski definition) is 2. The Morgan fingerprint density at radius 2 is 2.13 bits per heavy atom. The van der Waals surface area contributed by atoms with Gasteiger partial charge in [-0.2, -0.15) is 5.10 Å². The van der Waals surface area contributed by atoms with Crippen molar-refractivity contribution >= 4 is 11.5 Å². The predicted molar refractivity (Wildman–Crippen MR) is 63.4 cm³/mol. The van der Waals surface area contributed by atoms with Gasteiger partial charge in [-0.25, -0.2) is 4.68 Å². The molecule has 5 heteroatoms. The van der Waals surface area contributed by atoms with Crippen molar-refractivity contribution in [3.05, 3.63) is 6.20 Å². The SMILES string of the molecule is CC(CCn1ncc(N)c1N)CN(C)C. The Balaban J connectivity index is 2.40. The molecule has 0 saturated heterocycles. The first-order valence-corrected chi connectivity index (χ1v) is 5.22. The van der Waals surface area contributed by atoms with Gasteiger partial charge in [0.05, 0.1) is 11.9 Å². The standard InChI is InChI=1S/C10H21N5/c1-8(7-14(2)3)4-5-15-10(12)9(11)6-13-15/h6,8H,4-5,7,11-12H2,1-3H3. The number of aromatic nitrogens is 2. The second kappa shape index (κ2) is 5.02. The highest BCUT2D eigenvalue weighted by Crippen LogP contribution is 2.14. The van der Waals surface area contributed by atoms with Crippen LogP contribution < -0.4 is 11.5 Å². The third kappa shape index (κ3) is 3.43. The second-order valence-electron chi connectivity index (χ2n) is 4.36. The average molecular weight is 211 g/mol. The molecule has 0 aliphatic heterocycles. The summed E-state index contributed by atoms with van der Waals surface area (Å²) in [5, 5.41) is 4.12. The topological polar surface area (TPSA) is 73.1 Å². The van der Waals surface area contributed by atoms with Gasteiger partial charge in [0.2, 0.25) is 0 Å². The zero-order chi connectivity index (χ0) is 11.4. The minimum absolute atomic E-state index is 0.565. The minimum atomic E-state index is 0.565. The first-order valence-electron chi connectivity index (χ1n) is 5.22. The van der Waals surface area contributed by atoms with Gasteiger partial charge in [-0.15, -0.1) is 0 Å². The smallest absolute Gasteiger partial charge is 0.145 e. The molecule has 1 atom stereocenters. The maximum atomic E-state index is 5.76. The van der Waals surface area contributed by atoms with Crippen LogP contribution >= 0.6 is 0 Å². The molecule has 5 nitrogen and oxygen atoms in total. The summed E-state index contributed by atoms with van der Waals surface area (Å²) in [5.41, 5.74) is 11.9. The molecular formula is C10H21N5. The van der Waals surface area contributed by atoms with Crippen molar-refractivity contribution in [1.29, 1.82) is 0 Å². The van der Waals surface area contributed by atoms with Crippen molar-refractivity contribution in [1.82, 2.24) is 14.7 Å². The molecule has 1 aromatic heterocycles. The van der Waals surface area contributed by atoms with Crippen molar-refractivity contribution in [3.8, 4) is 0 Å². The molecule has 86 valence electrons. The minimum Gasteiger partial charge on any atom is -0.394 e. The highest BCUT2D eigenvalue weighted by atomic mass is 15.3. The molecule has 0 spiro atoms. The van der Waals surface area contributed by atoms with Crippen LogP contribution in [0.15, 0.2) is 6.20 Å². The lowest BCUT2D eigenvalue weighted by molar-refractivity contribution is 0.316. The van der Waals surface area contributed by atoms with Crippen molar-refractivity contribution in [2.24, 2.45) is 5.92 Å². The zero-order valence-corrected chi connectivity index (χ0v) is 9.77. The van der Waals surface area contributed by atoms with E-state index in [9.17, 15) is 0 Å². The van der Waals surface area contributed by atoms with Crippen LogP contribution in [0.2, 0.25) is 0 Å². The van der Waals surface area contributed by atoms with Crippen LogP contribution in [0.4, 0.5) is 11.5 Å². The lowest BCUT2D eigenvalue weighted by Gasteiger charge is -2.16. The van der Waals surface area contributed by atoms with E-state index in [4.69, 9.17) is 11.5 Å². The fourth-order valence-electron chi connectivity index (χ4n) is 1.64. The van der Waals surface area contributed by atoms with Gasteiger partial charge in [0, 0.05) is 13.1 Å². The Labute approximate surface area is 91.0 Å². The maximum Gasteiger partial charge on any atom is 0.145 e. The van der Waals surface area contributed by atoms with E-state index >= 15 is 0 Å². The van der Waals surface area contributed by atoms with E-state index in [1.807, 2.05) is 0 Å². The number of anilines is 2. The summed E-state index contributed by atoms with van der Waals surface area (Å²) in [6.45, 7) is 4.14. The third-order valence-corrected chi connectivity index (χ3v) is 2.42. The van der Waals surface area contributed by atoms with Crippen LogP contribution in [0.5, 0.6) is 0 Å². The van der Waals surface area contributed by atoms with E-state index in [-0.39, 0.29) is 0 Å². The van der Waals surface area contributed by atoms with Gasteiger partial charge in [-0.1, -0.05) is 6.92 Å². The number of aryl methyl sites for hydroxylation is 1. The van der Waals surface area contributed by atoms with E-state index in [0.717, 1.165) is 19.5 Å². The molecule has 0 amide bonds. The lowest BCUT2D eigenvalue weighted by atomic mass is 10.1. The van der Waals surface area contributed by atoms with Crippen LogP contribution in [0.25, 0.3) is 0 Å². The molecule has 0 aliphatic rings. The van der Waals surface area contributed by atoms with Crippen LogP contribution in [0.3, 0.4) is 0 Å². The average Bonchev–Trinajstić information content (AvgIpc) is 2.44. The molecule has 0 aromatic carbocycles. The van der Waals surface area contributed by atoms with Crippen molar-refractivity contribution in [3.63, 3.8) is 0 Å². The summed E-state index contributed by atoms with van der Waals surface area (Å²) in [5.74, 6) is 1.21. The van der Waals surface area contributed by atoms with E-state index in [0.29, 0.717) is 17.4 Å². The number of rotatable bonds is 5. The Morgan fingerprint density at radius 1 is 1.47 bits per heavy atom. The van der Waals surface area contributed by atoms with Gasteiger partial charge in [0.15, 0.2) is 0 Å². The van der Waals surface area contributed by atoms with Gasteiger partial charge in [0.1, 0.15) is 5.82 Å². The largest absolute Gasteiger partial charge is 0.394 e. The van der Waals surface area contributed by atoms with E-state index in [2.05, 4.69) is 31.0 Å². The summed E-state index contributed by atoms with van der Waals surface area (Å²) in [6.07, 6.45) is 2.66. The van der Waals surface area contributed by atoms with E-state index in [1.54, 1.807) is 10.9 Å². The monoisotopic (exact) mass is 211 g/mol. The lowest BCUT2D eigenvalue weighted by Crippen LogP contribution is -2.21. The van der Waals surface area contributed by atoms with Crippen molar-refractivity contribution in [2.45, 2.75) is 19.9 Å². The molecular weight excluding hydrogens is 190 g/mol. The maximum absolute atomic E-state index is 5.76. The highest BCUT2D eigenvalue weighted by molar-refractivity contribution is 5.56. The van der Waals surface area contributed by atoms with Crippen LogP contribution in [0, 0.1) is 5.92 Å². The second-order valence-corrected chi connectivity index (χ2v) is 4.36. The van der Waals surface area contributed by atoms with Gasteiger partial charge >= 0.3 is 0 Å². The molecule has 15 heavy (non-hydrogen) atoms. The molecule has 0 saturated carbocycles. The fourth-order valence-corrected chi connectivity index (χ4v) is 1.64. The first-order chi connectivity index (χ1) is 7.00. The molecule has 0 aliphatic carbocycles. The Hall–Kier alpha value is -1.23. The first kappa shape index (κ1) is 11.8. The zero-order valence-electron chi connectivity index (χ0n) is 9.77. The molecule has 1 unspecified atom stereocenters. The summed E-state index contributed by atoms with van der Waals surface area (Å²) in [6, 6.07) is 0. The normalized spacial score (nSPS) is 13.3. The summed E-state index contributed by atoms with van der Waals surface area (Å²) < 4.78 is 1.77. The number of nitrogens with zero attached hydrogens (tertiary/aromatic N) is 3. The Morgan fingerprint density at radius 3 is 2.60 bits per heavy atom. The Kier molecular flexibility index (Phi) is 3.96. The Bertz CT molecular complexity index is 305. The van der Waals surface area contributed by atoms with Gasteiger partial charge in [-0.05, 0) is 26.4 Å².